The third kappa shape index (κ3) is 4.32. The first-order valence-corrected chi connectivity index (χ1v) is 10.6. The Labute approximate surface area is 164 Å². The normalized spacial score (nSPS) is 14.9. The van der Waals surface area contributed by atoms with E-state index in [2.05, 4.69) is 0 Å². The Morgan fingerprint density at radius 2 is 1.79 bits per heavy atom. The quantitative estimate of drug-likeness (QED) is 0.534. The summed E-state index contributed by atoms with van der Waals surface area (Å²) in [7, 11) is -3.88. The predicted molar refractivity (Wildman–Crippen MR) is 106 cm³/mol. The molecule has 28 heavy (non-hydrogen) atoms. The Hall–Kier alpha value is -2.49. The van der Waals surface area contributed by atoms with Gasteiger partial charge in [0.25, 0.3) is 5.69 Å². The Morgan fingerprint density at radius 1 is 1.11 bits per heavy atom. The molecule has 0 radical (unpaired) electrons. The van der Waals surface area contributed by atoms with Crippen molar-refractivity contribution in [3.63, 3.8) is 0 Å². The molecule has 1 fully saturated rings. The average molecular weight is 405 g/mol. The minimum absolute atomic E-state index is 0.0898. The van der Waals surface area contributed by atoms with Gasteiger partial charge in [-0.05, 0) is 24.5 Å². The number of anilines is 1. The van der Waals surface area contributed by atoms with E-state index in [4.69, 9.17) is 0 Å². The van der Waals surface area contributed by atoms with Crippen molar-refractivity contribution in [2.24, 2.45) is 0 Å². The molecular formula is C19H23N3O5S. The molecule has 2 aromatic carbocycles. The molecule has 0 bridgehead atoms. The van der Waals surface area contributed by atoms with E-state index in [1.54, 1.807) is 4.90 Å². The third-order valence-electron chi connectivity index (χ3n) is 4.76. The van der Waals surface area contributed by atoms with E-state index >= 15 is 0 Å². The van der Waals surface area contributed by atoms with Gasteiger partial charge in [0.2, 0.25) is 10.0 Å². The van der Waals surface area contributed by atoms with Crippen LogP contribution >= 0.6 is 0 Å². The molecule has 0 unspecified atom stereocenters. The van der Waals surface area contributed by atoms with Crippen molar-refractivity contribution < 1.29 is 18.4 Å². The summed E-state index contributed by atoms with van der Waals surface area (Å²) in [6.45, 7) is 1.22. The summed E-state index contributed by atoms with van der Waals surface area (Å²) in [5.74, 6) is 0. The van der Waals surface area contributed by atoms with Crippen molar-refractivity contribution in [2.75, 3.05) is 31.1 Å². The number of aliphatic hydroxyl groups excluding tert-OH is 1. The number of sulfonamides is 1. The van der Waals surface area contributed by atoms with Gasteiger partial charge in [0, 0.05) is 38.3 Å². The van der Waals surface area contributed by atoms with Crippen LogP contribution in [0.25, 0.3) is 0 Å². The number of nitrogens with zero attached hydrogens (tertiary/aromatic N) is 3. The first kappa shape index (κ1) is 20.2. The smallest absolute Gasteiger partial charge is 0.270 e. The molecule has 0 saturated carbocycles. The maximum absolute atomic E-state index is 13.2. The van der Waals surface area contributed by atoms with Gasteiger partial charge in [-0.25, -0.2) is 8.42 Å². The van der Waals surface area contributed by atoms with Crippen LogP contribution in [0.3, 0.4) is 0 Å². The minimum atomic E-state index is -3.88. The zero-order chi connectivity index (χ0) is 20.1. The van der Waals surface area contributed by atoms with E-state index in [1.165, 1.54) is 16.4 Å². The van der Waals surface area contributed by atoms with E-state index in [-0.39, 0.29) is 23.7 Å². The minimum Gasteiger partial charge on any atom is -0.395 e. The lowest BCUT2D eigenvalue weighted by Crippen LogP contribution is -2.32. The number of benzene rings is 2. The SMILES string of the molecule is O=[N+]([O-])c1ccc(N(CCO)Cc2ccccc2)c(S(=O)(=O)N2CCCC2)c1. The number of rotatable bonds is 8. The number of hydrogen-bond acceptors (Lipinski definition) is 6. The largest absolute Gasteiger partial charge is 0.395 e. The fraction of sp³-hybridized carbons (Fsp3) is 0.368. The van der Waals surface area contributed by atoms with Gasteiger partial charge in [0.15, 0.2) is 0 Å². The fourth-order valence-electron chi connectivity index (χ4n) is 3.36. The van der Waals surface area contributed by atoms with Crippen LogP contribution in [0.1, 0.15) is 18.4 Å². The zero-order valence-electron chi connectivity index (χ0n) is 15.4. The van der Waals surface area contributed by atoms with Crippen molar-refractivity contribution >= 4 is 21.4 Å². The highest BCUT2D eigenvalue weighted by Crippen LogP contribution is 2.33. The average Bonchev–Trinajstić information content (AvgIpc) is 3.24. The van der Waals surface area contributed by atoms with Crippen LogP contribution in [0.2, 0.25) is 0 Å². The van der Waals surface area contributed by atoms with Crippen molar-refractivity contribution in [3.05, 3.63) is 64.2 Å². The van der Waals surface area contributed by atoms with Gasteiger partial charge < -0.3 is 10.0 Å². The first-order chi connectivity index (χ1) is 13.4. The third-order valence-corrected chi connectivity index (χ3v) is 6.69. The van der Waals surface area contributed by atoms with Crippen LogP contribution in [-0.4, -0.2) is 49.0 Å². The molecule has 0 aliphatic carbocycles. The molecule has 0 amide bonds. The van der Waals surface area contributed by atoms with E-state index in [0.717, 1.165) is 24.5 Å². The number of nitro benzene ring substituents is 1. The molecule has 9 heteroatoms. The molecule has 1 N–H and O–H groups in total. The van der Waals surface area contributed by atoms with Gasteiger partial charge in [-0.1, -0.05) is 30.3 Å². The number of non-ortho nitro benzene ring substituents is 1. The second-order valence-electron chi connectivity index (χ2n) is 6.65. The highest BCUT2D eigenvalue weighted by atomic mass is 32.2. The summed E-state index contributed by atoms with van der Waals surface area (Å²) >= 11 is 0. The van der Waals surface area contributed by atoms with Gasteiger partial charge in [-0.3, -0.25) is 10.1 Å². The van der Waals surface area contributed by atoms with Gasteiger partial charge in [0.1, 0.15) is 4.90 Å². The Balaban J connectivity index is 2.08. The molecule has 1 heterocycles. The van der Waals surface area contributed by atoms with Gasteiger partial charge in [-0.15, -0.1) is 0 Å². The lowest BCUT2D eigenvalue weighted by Gasteiger charge is -2.27. The maximum Gasteiger partial charge on any atom is 0.270 e. The summed E-state index contributed by atoms with van der Waals surface area (Å²) in [4.78, 5) is 12.3. The monoisotopic (exact) mass is 405 g/mol. The van der Waals surface area contributed by atoms with Crippen LogP contribution in [0.5, 0.6) is 0 Å². The molecule has 3 rings (SSSR count). The molecule has 0 atom stereocenters. The summed E-state index contributed by atoms with van der Waals surface area (Å²) in [5, 5.41) is 20.8. The Morgan fingerprint density at radius 3 is 2.39 bits per heavy atom. The first-order valence-electron chi connectivity index (χ1n) is 9.12. The molecule has 0 aromatic heterocycles. The van der Waals surface area contributed by atoms with Crippen LogP contribution in [0.4, 0.5) is 11.4 Å². The standard InChI is InChI=1S/C19H23N3O5S/c23-13-12-20(15-16-6-2-1-3-7-16)18-9-8-17(22(24)25)14-19(18)28(26,27)21-10-4-5-11-21/h1-3,6-9,14,23H,4-5,10-13,15H2. The van der Waals surface area contributed by atoms with Crippen LogP contribution < -0.4 is 4.90 Å². The van der Waals surface area contributed by atoms with E-state index in [9.17, 15) is 23.6 Å². The van der Waals surface area contributed by atoms with E-state index in [1.807, 2.05) is 30.3 Å². The van der Waals surface area contributed by atoms with Crippen LogP contribution in [0.15, 0.2) is 53.4 Å². The van der Waals surface area contributed by atoms with Crippen LogP contribution in [0, 0.1) is 10.1 Å². The summed E-state index contributed by atoms with van der Waals surface area (Å²) in [6.07, 6.45) is 1.54. The molecule has 1 aliphatic rings. The predicted octanol–water partition coefficient (Wildman–Crippen LogP) is 2.38. The number of nitro groups is 1. The molecular weight excluding hydrogens is 382 g/mol. The second kappa shape index (κ2) is 8.68. The lowest BCUT2D eigenvalue weighted by atomic mass is 10.2. The maximum atomic E-state index is 13.2. The molecule has 2 aromatic rings. The molecule has 1 saturated heterocycles. The number of aliphatic hydroxyl groups is 1. The lowest BCUT2D eigenvalue weighted by molar-refractivity contribution is -0.385. The van der Waals surface area contributed by atoms with Crippen molar-refractivity contribution in [2.45, 2.75) is 24.3 Å². The Kier molecular flexibility index (Phi) is 6.28. The van der Waals surface area contributed by atoms with Gasteiger partial charge in [0.05, 0.1) is 17.2 Å². The van der Waals surface area contributed by atoms with E-state index < -0.39 is 14.9 Å². The highest BCUT2D eigenvalue weighted by Gasteiger charge is 2.32. The summed E-state index contributed by atoms with van der Waals surface area (Å²) in [5.41, 5.74) is 1.03. The van der Waals surface area contributed by atoms with Gasteiger partial charge in [-0.2, -0.15) is 4.31 Å². The topological polar surface area (TPSA) is 104 Å². The van der Waals surface area contributed by atoms with Crippen molar-refractivity contribution in [3.8, 4) is 0 Å². The molecule has 150 valence electrons. The fourth-order valence-corrected chi connectivity index (χ4v) is 5.11. The zero-order valence-corrected chi connectivity index (χ0v) is 16.2. The second-order valence-corrected chi connectivity index (χ2v) is 8.56. The van der Waals surface area contributed by atoms with Crippen molar-refractivity contribution in [1.29, 1.82) is 0 Å². The molecule has 1 aliphatic heterocycles. The summed E-state index contributed by atoms with van der Waals surface area (Å²) in [6, 6.07) is 13.3. The molecule has 0 spiro atoms. The number of hydrogen-bond donors (Lipinski definition) is 1. The van der Waals surface area contributed by atoms with E-state index in [0.29, 0.717) is 25.3 Å². The van der Waals surface area contributed by atoms with Crippen LogP contribution in [-0.2, 0) is 16.6 Å². The molecule has 8 nitrogen and oxygen atoms in total. The summed E-state index contributed by atoms with van der Waals surface area (Å²) < 4.78 is 27.8. The van der Waals surface area contributed by atoms with Gasteiger partial charge >= 0.3 is 0 Å². The van der Waals surface area contributed by atoms with Crippen molar-refractivity contribution in [1.82, 2.24) is 4.31 Å². The highest BCUT2D eigenvalue weighted by molar-refractivity contribution is 7.89. The Bertz CT molecular complexity index is 928.